The number of thiophene rings is 1. The molecule has 1 heterocycles. The number of benzene rings is 1. The maximum atomic E-state index is 12.3. The topological polar surface area (TPSA) is 84.5 Å². The highest BCUT2D eigenvalue weighted by atomic mass is 32.1. The first-order chi connectivity index (χ1) is 13.4. The maximum absolute atomic E-state index is 12.3. The van der Waals surface area contributed by atoms with Gasteiger partial charge in [0.15, 0.2) is 6.61 Å². The van der Waals surface area contributed by atoms with Crippen LogP contribution < -0.4 is 10.6 Å². The molecule has 1 aromatic carbocycles. The lowest BCUT2D eigenvalue weighted by Crippen LogP contribution is -2.41. The van der Waals surface area contributed by atoms with Crippen LogP contribution in [0.25, 0.3) is 0 Å². The third-order valence-corrected chi connectivity index (χ3v) is 4.90. The number of carbonyl (C=O) groups is 3. The average Bonchev–Trinajstić information content (AvgIpc) is 3.20. The Morgan fingerprint density at radius 1 is 1.00 bits per heavy atom. The van der Waals surface area contributed by atoms with E-state index in [1.54, 1.807) is 17.5 Å². The predicted octanol–water partition coefficient (Wildman–Crippen LogP) is 3.31. The normalized spacial score (nSPS) is 12.9. The van der Waals surface area contributed by atoms with Gasteiger partial charge >= 0.3 is 5.97 Å². The third-order valence-electron chi connectivity index (χ3n) is 4.04. The highest BCUT2D eigenvalue weighted by Gasteiger charge is 2.21. The minimum Gasteiger partial charge on any atom is -0.454 e. The molecule has 1 aromatic heterocycles. The smallest absolute Gasteiger partial charge is 0.328 e. The van der Waals surface area contributed by atoms with Crippen LogP contribution in [0.3, 0.4) is 0 Å². The number of esters is 1. The van der Waals surface area contributed by atoms with E-state index in [4.69, 9.17) is 4.74 Å². The van der Waals surface area contributed by atoms with Gasteiger partial charge in [0.25, 0.3) is 11.8 Å². The fraction of sp³-hybridized carbons (Fsp3) is 0.381. The molecular weight excluding hydrogens is 376 g/mol. The zero-order chi connectivity index (χ0) is 20.5. The Morgan fingerprint density at radius 3 is 2.32 bits per heavy atom. The van der Waals surface area contributed by atoms with Crippen LogP contribution >= 0.6 is 11.3 Å². The molecule has 2 aromatic rings. The van der Waals surface area contributed by atoms with Crippen molar-refractivity contribution in [3.63, 3.8) is 0 Å². The number of amides is 2. The first-order valence-electron chi connectivity index (χ1n) is 9.22. The second kappa shape index (κ2) is 10.6. The number of ether oxygens (including phenoxy) is 1. The average molecular weight is 403 g/mol. The molecule has 28 heavy (non-hydrogen) atoms. The van der Waals surface area contributed by atoms with E-state index in [9.17, 15) is 14.4 Å². The van der Waals surface area contributed by atoms with E-state index < -0.39 is 12.0 Å². The van der Waals surface area contributed by atoms with Gasteiger partial charge in [-0.3, -0.25) is 9.59 Å². The zero-order valence-electron chi connectivity index (χ0n) is 16.3. The lowest BCUT2D eigenvalue weighted by Gasteiger charge is -2.21. The summed E-state index contributed by atoms with van der Waals surface area (Å²) >= 11 is 1.28. The number of nitrogens with one attached hydrogen (secondary N) is 2. The fourth-order valence-corrected chi connectivity index (χ4v) is 3.29. The van der Waals surface area contributed by atoms with E-state index in [1.165, 1.54) is 18.3 Å². The first kappa shape index (κ1) is 21.6. The molecule has 0 bridgehead atoms. The molecule has 0 aliphatic carbocycles. The quantitative estimate of drug-likeness (QED) is 0.630. The Morgan fingerprint density at radius 2 is 1.71 bits per heavy atom. The Kier molecular flexibility index (Phi) is 8.19. The minimum absolute atomic E-state index is 0.150. The van der Waals surface area contributed by atoms with Crippen molar-refractivity contribution in [1.82, 2.24) is 10.6 Å². The second-order valence-corrected chi connectivity index (χ2v) is 7.89. The summed E-state index contributed by atoms with van der Waals surface area (Å²) in [7, 11) is 0. The Labute approximate surface area is 169 Å². The summed E-state index contributed by atoms with van der Waals surface area (Å²) in [6, 6.07) is 12.1. The molecule has 0 saturated carbocycles. The monoisotopic (exact) mass is 402 g/mol. The fourth-order valence-electron chi connectivity index (χ4n) is 2.67. The molecule has 2 amide bonds. The van der Waals surface area contributed by atoms with Gasteiger partial charge in [-0.05, 0) is 36.3 Å². The SMILES string of the molecule is CC(C)CC(NC(=O)COC(=O)C(C)NC(=O)c1cccs1)c1ccccc1. The van der Waals surface area contributed by atoms with Crippen LogP contribution in [0.5, 0.6) is 0 Å². The summed E-state index contributed by atoms with van der Waals surface area (Å²) in [5, 5.41) is 7.26. The molecule has 0 spiro atoms. The van der Waals surface area contributed by atoms with Gasteiger partial charge in [-0.25, -0.2) is 4.79 Å². The Balaban J connectivity index is 1.84. The summed E-state index contributed by atoms with van der Waals surface area (Å²) < 4.78 is 5.06. The molecule has 0 radical (unpaired) electrons. The molecule has 2 N–H and O–H groups in total. The lowest BCUT2D eigenvalue weighted by atomic mass is 9.97. The number of rotatable bonds is 9. The van der Waals surface area contributed by atoms with Crippen LogP contribution in [0.15, 0.2) is 47.8 Å². The predicted molar refractivity (Wildman–Crippen MR) is 109 cm³/mol. The van der Waals surface area contributed by atoms with Crippen LogP contribution in [0.4, 0.5) is 0 Å². The van der Waals surface area contributed by atoms with Crippen LogP contribution in [0, 0.1) is 5.92 Å². The van der Waals surface area contributed by atoms with Crippen molar-refractivity contribution >= 4 is 29.1 Å². The van der Waals surface area contributed by atoms with E-state index in [1.807, 2.05) is 30.3 Å². The van der Waals surface area contributed by atoms with Gasteiger partial charge < -0.3 is 15.4 Å². The number of carbonyl (C=O) groups excluding carboxylic acids is 3. The zero-order valence-corrected chi connectivity index (χ0v) is 17.1. The van der Waals surface area contributed by atoms with Crippen LogP contribution in [0.1, 0.15) is 48.5 Å². The molecule has 0 saturated heterocycles. The highest BCUT2D eigenvalue weighted by Crippen LogP contribution is 2.20. The van der Waals surface area contributed by atoms with Crippen molar-refractivity contribution in [2.45, 2.75) is 39.3 Å². The molecule has 2 atom stereocenters. The Bertz CT molecular complexity index is 775. The maximum Gasteiger partial charge on any atom is 0.328 e. The van der Waals surface area contributed by atoms with Crippen molar-refractivity contribution in [2.24, 2.45) is 5.92 Å². The summed E-state index contributed by atoms with van der Waals surface area (Å²) in [5.74, 6) is -0.981. The van der Waals surface area contributed by atoms with Gasteiger partial charge in [0.2, 0.25) is 0 Å². The Hall–Kier alpha value is -2.67. The van der Waals surface area contributed by atoms with E-state index >= 15 is 0 Å². The van der Waals surface area contributed by atoms with Crippen LogP contribution in [-0.2, 0) is 14.3 Å². The third kappa shape index (κ3) is 6.81. The molecule has 2 rings (SSSR count). The van der Waals surface area contributed by atoms with Gasteiger partial charge in [0, 0.05) is 0 Å². The second-order valence-electron chi connectivity index (χ2n) is 6.94. The molecule has 7 heteroatoms. The van der Waals surface area contributed by atoms with E-state index in [0.717, 1.165) is 12.0 Å². The van der Waals surface area contributed by atoms with Gasteiger partial charge in [-0.1, -0.05) is 50.2 Å². The van der Waals surface area contributed by atoms with Crippen molar-refractivity contribution in [2.75, 3.05) is 6.61 Å². The van der Waals surface area contributed by atoms with Gasteiger partial charge in [0.05, 0.1) is 10.9 Å². The number of hydrogen-bond donors (Lipinski definition) is 2. The van der Waals surface area contributed by atoms with Gasteiger partial charge in [-0.2, -0.15) is 0 Å². The summed E-state index contributed by atoms with van der Waals surface area (Å²) in [5.41, 5.74) is 1.01. The van der Waals surface area contributed by atoms with E-state index in [0.29, 0.717) is 10.8 Å². The highest BCUT2D eigenvalue weighted by molar-refractivity contribution is 7.12. The van der Waals surface area contributed by atoms with Crippen molar-refractivity contribution < 1.29 is 19.1 Å². The van der Waals surface area contributed by atoms with E-state index in [2.05, 4.69) is 24.5 Å². The molecule has 0 fully saturated rings. The van der Waals surface area contributed by atoms with Crippen molar-refractivity contribution in [3.05, 3.63) is 58.3 Å². The molecule has 2 unspecified atom stereocenters. The van der Waals surface area contributed by atoms with Crippen molar-refractivity contribution in [3.8, 4) is 0 Å². The van der Waals surface area contributed by atoms with Gasteiger partial charge in [-0.15, -0.1) is 11.3 Å². The van der Waals surface area contributed by atoms with E-state index in [-0.39, 0.29) is 24.5 Å². The molecular formula is C21H26N2O4S. The van der Waals surface area contributed by atoms with Crippen LogP contribution in [0.2, 0.25) is 0 Å². The summed E-state index contributed by atoms with van der Waals surface area (Å²) in [6.45, 7) is 5.30. The molecule has 0 aliphatic heterocycles. The first-order valence-corrected chi connectivity index (χ1v) is 10.1. The summed E-state index contributed by atoms with van der Waals surface area (Å²) in [4.78, 5) is 36.8. The number of hydrogen-bond acceptors (Lipinski definition) is 5. The molecule has 150 valence electrons. The molecule has 6 nitrogen and oxygen atoms in total. The summed E-state index contributed by atoms with van der Waals surface area (Å²) in [6.07, 6.45) is 0.775. The largest absolute Gasteiger partial charge is 0.454 e. The van der Waals surface area contributed by atoms with Crippen molar-refractivity contribution in [1.29, 1.82) is 0 Å². The standard InChI is InChI=1S/C21H26N2O4S/c1-14(2)12-17(16-8-5-4-6-9-16)23-19(24)13-27-21(26)15(3)22-20(25)18-10-7-11-28-18/h4-11,14-15,17H,12-13H2,1-3H3,(H,22,25)(H,23,24). The van der Waals surface area contributed by atoms with Gasteiger partial charge in [0.1, 0.15) is 6.04 Å². The van der Waals surface area contributed by atoms with Crippen LogP contribution in [-0.4, -0.2) is 30.4 Å². The lowest BCUT2D eigenvalue weighted by molar-refractivity contribution is -0.150. The minimum atomic E-state index is -0.844. The molecule has 0 aliphatic rings.